The number of alkyl halides is 3. The molecule has 0 aliphatic rings. The number of rotatable bonds is 4. The molecule has 0 aliphatic carbocycles. The molecule has 0 atom stereocenters. The highest BCUT2D eigenvalue weighted by atomic mass is 19.4. The van der Waals surface area contributed by atoms with Gasteiger partial charge in [0, 0.05) is 10.9 Å². The topological polar surface area (TPSA) is 81.4 Å². The molecule has 10 heteroatoms. The summed E-state index contributed by atoms with van der Waals surface area (Å²) >= 11 is 0. The van der Waals surface area contributed by atoms with Crippen LogP contribution in [0.5, 0.6) is 0 Å². The van der Waals surface area contributed by atoms with Crippen molar-refractivity contribution in [2.24, 2.45) is 0 Å². The van der Waals surface area contributed by atoms with Gasteiger partial charge in [0.15, 0.2) is 12.1 Å². The van der Waals surface area contributed by atoms with Crippen LogP contribution in [0.25, 0.3) is 22.2 Å². The number of aromatic nitrogens is 1. The summed E-state index contributed by atoms with van der Waals surface area (Å²) in [6.45, 7) is 4.82. The predicted molar refractivity (Wildman–Crippen MR) is 103 cm³/mol. The second kappa shape index (κ2) is 8.01. The number of pyridine rings is 1. The van der Waals surface area contributed by atoms with Crippen LogP contribution in [-0.2, 0) is 17.5 Å². The number of amides is 1. The first-order valence-electron chi connectivity index (χ1n) is 9.09. The first kappa shape index (κ1) is 22.3. The molecule has 3 aromatic rings. The van der Waals surface area contributed by atoms with Crippen LogP contribution in [0.2, 0.25) is 0 Å². The summed E-state index contributed by atoms with van der Waals surface area (Å²) in [5, 5.41) is 2.51. The molecular formula is C21H18F4N2O4. The van der Waals surface area contributed by atoms with Crippen LogP contribution in [-0.4, -0.2) is 23.0 Å². The molecule has 0 radical (unpaired) electrons. The second-order valence-electron chi connectivity index (χ2n) is 7.72. The molecule has 0 spiro atoms. The highest BCUT2D eigenvalue weighted by molar-refractivity contribution is 5.88. The maximum atomic E-state index is 13.6. The molecule has 0 saturated heterocycles. The van der Waals surface area contributed by atoms with Gasteiger partial charge < -0.3 is 14.5 Å². The number of furan rings is 1. The molecule has 6 nitrogen and oxygen atoms in total. The summed E-state index contributed by atoms with van der Waals surface area (Å²) in [5.74, 6) is -0.807. The van der Waals surface area contributed by atoms with E-state index in [4.69, 9.17) is 9.15 Å². The average molecular weight is 438 g/mol. The van der Waals surface area contributed by atoms with E-state index in [1.54, 1.807) is 20.8 Å². The quantitative estimate of drug-likeness (QED) is 0.430. The average Bonchev–Trinajstić information content (AvgIpc) is 3.06. The van der Waals surface area contributed by atoms with Gasteiger partial charge in [-0.2, -0.15) is 13.2 Å². The Balaban J connectivity index is 2.00. The number of benzene rings is 1. The zero-order chi connectivity index (χ0) is 23.0. The largest absolute Gasteiger partial charge is 0.459 e. The van der Waals surface area contributed by atoms with Gasteiger partial charge in [-0.15, -0.1) is 0 Å². The van der Waals surface area contributed by atoms with Crippen LogP contribution in [0.4, 0.5) is 22.4 Å². The molecule has 1 N–H and O–H groups in total. The molecule has 0 aliphatic heterocycles. The second-order valence-corrected chi connectivity index (χ2v) is 7.72. The van der Waals surface area contributed by atoms with Crippen molar-refractivity contribution in [3.8, 4) is 11.3 Å². The van der Waals surface area contributed by atoms with Crippen LogP contribution in [0.15, 0.2) is 34.9 Å². The summed E-state index contributed by atoms with van der Waals surface area (Å²) in [5.41, 5.74) is -2.54. The lowest BCUT2D eigenvalue weighted by atomic mass is 10.0. The predicted octanol–water partition coefficient (Wildman–Crippen LogP) is 5.49. The molecule has 1 amide bonds. The van der Waals surface area contributed by atoms with Gasteiger partial charge in [0.25, 0.3) is 0 Å². The number of nitrogens with one attached hydrogen (secondary N) is 1. The van der Waals surface area contributed by atoms with Crippen molar-refractivity contribution >= 4 is 23.3 Å². The van der Waals surface area contributed by atoms with Crippen LogP contribution >= 0.6 is 0 Å². The maximum absolute atomic E-state index is 13.6. The van der Waals surface area contributed by atoms with E-state index in [0.29, 0.717) is 0 Å². The third-order valence-electron chi connectivity index (χ3n) is 4.09. The standard InChI is InChI=1S/C21H18F4N2O4/c1-20(2,3)31-19(29)27-8-14-5-12-4-11(6-15(18(12)30-14)21(23,24)25)17-7-13(10-28)16(22)9-26-17/h4-7,9-10H,8H2,1-3H3,(H,27,29). The lowest BCUT2D eigenvalue weighted by Gasteiger charge is -2.19. The number of ether oxygens (including phenoxy) is 1. The monoisotopic (exact) mass is 438 g/mol. The Kier molecular flexibility index (Phi) is 5.75. The molecule has 0 unspecified atom stereocenters. The third kappa shape index (κ3) is 5.19. The number of nitrogens with zero attached hydrogens (tertiary/aromatic N) is 1. The zero-order valence-corrected chi connectivity index (χ0v) is 16.8. The van der Waals surface area contributed by atoms with E-state index in [-0.39, 0.29) is 40.8 Å². The van der Waals surface area contributed by atoms with Gasteiger partial charge in [0.2, 0.25) is 0 Å². The molecule has 3 rings (SSSR count). The lowest BCUT2D eigenvalue weighted by Crippen LogP contribution is -2.32. The summed E-state index contributed by atoms with van der Waals surface area (Å²) in [6.07, 6.45) is -4.49. The van der Waals surface area contributed by atoms with Crippen LogP contribution < -0.4 is 5.32 Å². The van der Waals surface area contributed by atoms with Gasteiger partial charge in [-0.25, -0.2) is 9.18 Å². The molecule has 1 aromatic carbocycles. The van der Waals surface area contributed by atoms with Crippen molar-refractivity contribution < 1.29 is 36.3 Å². The van der Waals surface area contributed by atoms with Crippen molar-refractivity contribution in [3.05, 3.63) is 53.2 Å². The third-order valence-corrected chi connectivity index (χ3v) is 4.09. The Morgan fingerprint density at radius 1 is 1.19 bits per heavy atom. The van der Waals surface area contributed by atoms with Crippen molar-refractivity contribution in [1.29, 1.82) is 0 Å². The number of halogens is 4. The van der Waals surface area contributed by atoms with E-state index in [9.17, 15) is 27.2 Å². The highest BCUT2D eigenvalue weighted by Gasteiger charge is 2.35. The van der Waals surface area contributed by atoms with Crippen molar-refractivity contribution in [2.45, 2.75) is 39.1 Å². The van der Waals surface area contributed by atoms with Crippen LogP contribution in [0.3, 0.4) is 0 Å². The first-order valence-corrected chi connectivity index (χ1v) is 9.09. The Bertz CT molecular complexity index is 1150. The fourth-order valence-corrected chi connectivity index (χ4v) is 2.83. The molecule has 0 saturated carbocycles. The van der Waals surface area contributed by atoms with Gasteiger partial charge in [-0.05, 0) is 45.0 Å². The van der Waals surface area contributed by atoms with E-state index in [1.807, 2.05) is 0 Å². The Morgan fingerprint density at radius 3 is 2.52 bits per heavy atom. The number of carbonyl (C=O) groups is 2. The SMILES string of the molecule is CC(C)(C)OC(=O)NCc1cc2cc(-c3cc(C=O)c(F)cn3)cc(C(F)(F)F)c2o1. The molecule has 0 fully saturated rings. The summed E-state index contributed by atoms with van der Waals surface area (Å²) in [7, 11) is 0. The lowest BCUT2D eigenvalue weighted by molar-refractivity contribution is -0.136. The van der Waals surface area contributed by atoms with Crippen molar-refractivity contribution in [1.82, 2.24) is 10.3 Å². The maximum Gasteiger partial charge on any atom is 0.420 e. The molecule has 2 heterocycles. The molecule has 2 aromatic heterocycles. The summed E-state index contributed by atoms with van der Waals surface area (Å²) < 4.78 is 64.9. The Hall–Kier alpha value is -3.43. The van der Waals surface area contributed by atoms with Gasteiger partial charge in [0.1, 0.15) is 16.9 Å². The van der Waals surface area contributed by atoms with E-state index in [0.717, 1.165) is 18.3 Å². The minimum atomic E-state index is -4.75. The zero-order valence-electron chi connectivity index (χ0n) is 16.8. The molecule has 164 valence electrons. The number of hydrogen-bond acceptors (Lipinski definition) is 5. The van der Waals surface area contributed by atoms with E-state index in [2.05, 4.69) is 10.3 Å². The van der Waals surface area contributed by atoms with E-state index >= 15 is 0 Å². The number of fused-ring (bicyclic) bond motifs is 1. The summed E-state index contributed by atoms with van der Waals surface area (Å²) in [6, 6.07) is 4.59. The van der Waals surface area contributed by atoms with Gasteiger partial charge in [-0.3, -0.25) is 9.78 Å². The molecular weight excluding hydrogens is 420 g/mol. The number of alkyl carbamates (subject to hydrolysis) is 1. The van der Waals surface area contributed by atoms with E-state index in [1.165, 1.54) is 12.1 Å². The van der Waals surface area contributed by atoms with Crippen LogP contribution in [0, 0.1) is 5.82 Å². The molecule has 0 bridgehead atoms. The fraction of sp³-hybridized carbons (Fsp3) is 0.286. The van der Waals surface area contributed by atoms with Gasteiger partial charge in [0.05, 0.1) is 29.6 Å². The minimum Gasteiger partial charge on any atom is -0.459 e. The smallest absolute Gasteiger partial charge is 0.420 e. The highest BCUT2D eigenvalue weighted by Crippen LogP contribution is 2.39. The Labute approximate surface area is 174 Å². The Morgan fingerprint density at radius 2 is 1.90 bits per heavy atom. The van der Waals surface area contributed by atoms with Gasteiger partial charge in [-0.1, -0.05) is 0 Å². The number of carbonyl (C=O) groups excluding carboxylic acids is 2. The first-order chi connectivity index (χ1) is 14.4. The summed E-state index contributed by atoms with van der Waals surface area (Å²) in [4.78, 5) is 26.5. The fourth-order valence-electron chi connectivity index (χ4n) is 2.83. The van der Waals surface area contributed by atoms with Gasteiger partial charge >= 0.3 is 12.3 Å². The van der Waals surface area contributed by atoms with Crippen molar-refractivity contribution in [2.75, 3.05) is 0 Å². The number of hydrogen-bond donors (Lipinski definition) is 1. The van der Waals surface area contributed by atoms with E-state index < -0.39 is 34.8 Å². The minimum absolute atomic E-state index is 0.00877. The normalized spacial score (nSPS) is 12.1. The van der Waals surface area contributed by atoms with Crippen LogP contribution in [0.1, 0.15) is 42.5 Å². The molecule has 31 heavy (non-hydrogen) atoms. The van der Waals surface area contributed by atoms with Crippen molar-refractivity contribution in [3.63, 3.8) is 0 Å². The number of aldehydes is 1.